The first kappa shape index (κ1) is 8.41. The van der Waals surface area contributed by atoms with Gasteiger partial charge in [0.05, 0.1) is 12.8 Å². The van der Waals surface area contributed by atoms with E-state index in [1.165, 1.54) is 0 Å². The highest BCUT2D eigenvalue weighted by Gasteiger charge is 1.98. The summed E-state index contributed by atoms with van der Waals surface area (Å²) < 4.78 is 4.92. The molecule has 0 bridgehead atoms. The molecular formula is C9H10N2O. The maximum absolute atomic E-state index is 5.61. The topological polar surface area (TPSA) is 48.1 Å². The number of anilines is 1. The molecule has 1 aromatic heterocycles. The predicted octanol–water partition coefficient (Wildman–Crippen LogP) is 1.04. The number of nitrogen functional groups attached to an aromatic ring is 1. The molecule has 12 heavy (non-hydrogen) atoms. The summed E-state index contributed by atoms with van der Waals surface area (Å²) in [6.45, 7) is 1.74. The minimum atomic E-state index is 0.530. The van der Waals surface area contributed by atoms with E-state index in [1.807, 2.05) is 0 Å². The van der Waals surface area contributed by atoms with Gasteiger partial charge in [0.2, 0.25) is 5.88 Å². The normalized spacial score (nSPS) is 8.50. The van der Waals surface area contributed by atoms with Crippen molar-refractivity contribution in [3.8, 4) is 17.7 Å². The molecule has 0 aromatic carbocycles. The summed E-state index contributed by atoms with van der Waals surface area (Å²) in [6, 6.07) is 3.43. The van der Waals surface area contributed by atoms with Gasteiger partial charge in [-0.3, -0.25) is 0 Å². The number of pyridine rings is 1. The molecule has 0 amide bonds. The fourth-order valence-electron chi connectivity index (χ4n) is 0.784. The second kappa shape index (κ2) is 3.63. The quantitative estimate of drug-likeness (QED) is 0.628. The lowest BCUT2D eigenvalue weighted by atomic mass is 10.3. The smallest absolute Gasteiger partial charge is 0.214 e. The summed E-state index contributed by atoms with van der Waals surface area (Å²) in [6.07, 6.45) is 0. The van der Waals surface area contributed by atoms with Crippen LogP contribution in [0.2, 0.25) is 0 Å². The van der Waals surface area contributed by atoms with Crippen LogP contribution in [0.4, 0.5) is 5.69 Å². The van der Waals surface area contributed by atoms with Gasteiger partial charge in [-0.2, -0.15) is 0 Å². The zero-order chi connectivity index (χ0) is 8.97. The van der Waals surface area contributed by atoms with E-state index in [4.69, 9.17) is 10.5 Å². The van der Waals surface area contributed by atoms with Crippen molar-refractivity contribution in [3.05, 3.63) is 17.8 Å². The fraction of sp³-hybridized carbons (Fsp3) is 0.222. The average molecular weight is 162 g/mol. The molecule has 3 nitrogen and oxygen atoms in total. The molecule has 0 saturated carbocycles. The van der Waals surface area contributed by atoms with E-state index in [2.05, 4.69) is 16.8 Å². The van der Waals surface area contributed by atoms with Crippen molar-refractivity contribution in [1.82, 2.24) is 4.98 Å². The van der Waals surface area contributed by atoms with Crippen LogP contribution < -0.4 is 10.5 Å². The zero-order valence-corrected chi connectivity index (χ0v) is 7.09. The van der Waals surface area contributed by atoms with Gasteiger partial charge in [-0.05, 0) is 18.9 Å². The lowest BCUT2D eigenvalue weighted by molar-refractivity contribution is 0.397. The second-order valence-corrected chi connectivity index (χ2v) is 2.17. The Hall–Kier alpha value is -1.69. The first-order chi connectivity index (χ1) is 5.77. The van der Waals surface area contributed by atoms with Crippen LogP contribution in [0.15, 0.2) is 12.1 Å². The monoisotopic (exact) mass is 162 g/mol. The van der Waals surface area contributed by atoms with Crippen molar-refractivity contribution in [2.45, 2.75) is 6.92 Å². The molecule has 0 unspecified atom stereocenters. The van der Waals surface area contributed by atoms with Crippen molar-refractivity contribution in [1.29, 1.82) is 0 Å². The van der Waals surface area contributed by atoms with Gasteiger partial charge in [0.25, 0.3) is 0 Å². The van der Waals surface area contributed by atoms with E-state index in [0.29, 0.717) is 17.3 Å². The highest BCUT2D eigenvalue weighted by atomic mass is 16.5. The number of nitrogens with zero attached hydrogens (tertiary/aromatic N) is 1. The predicted molar refractivity (Wildman–Crippen MR) is 47.8 cm³/mol. The number of nitrogens with two attached hydrogens (primary N) is 1. The molecule has 0 fully saturated rings. The van der Waals surface area contributed by atoms with Crippen LogP contribution in [0.5, 0.6) is 5.88 Å². The van der Waals surface area contributed by atoms with Crippen LogP contribution in [0.1, 0.15) is 12.6 Å². The number of methoxy groups -OCH3 is 1. The molecule has 0 radical (unpaired) electrons. The molecule has 2 N–H and O–H groups in total. The van der Waals surface area contributed by atoms with Crippen LogP contribution in [-0.4, -0.2) is 12.1 Å². The van der Waals surface area contributed by atoms with E-state index in [1.54, 1.807) is 26.2 Å². The van der Waals surface area contributed by atoms with Gasteiger partial charge < -0.3 is 10.5 Å². The van der Waals surface area contributed by atoms with Crippen LogP contribution >= 0.6 is 0 Å². The van der Waals surface area contributed by atoms with Gasteiger partial charge in [0, 0.05) is 6.07 Å². The Balaban J connectivity index is 3.14. The maximum atomic E-state index is 5.61. The van der Waals surface area contributed by atoms with E-state index >= 15 is 0 Å². The summed E-state index contributed by atoms with van der Waals surface area (Å²) in [5, 5.41) is 0. The molecule has 1 aromatic rings. The molecule has 0 atom stereocenters. The minimum Gasteiger partial charge on any atom is -0.481 e. The van der Waals surface area contributed by atoms with Crippen LogP contribution in [0.25, 0.3) is 0 Å². The molecule has 0 spiro atoms. The Labute approximate surface area is 71.6 Å². The third-order valence-corrected chi connectivity index (χ3v) is 1.35. The zero-order valence-electron chi connectivity index (χ0n) is 7.09. The summed E-state index contributed by atoms with van der Waals surface area (Å²) in [5.74, 6) is 6.04. The third-order valence-electron chi connectivity index (χ3n) is 1.35. The first-order valence-electron chi connectivity index (χ1n) is 3.51. The Bertz CT molecular complexity index is 336. The van der Waals surface area contributed by atoms with Crippen molar-refractivity contribution in [2.75, 3.05) is 12.8 Å². The largest absolute Gasteiger partial charge is 0.481 e. The SMILES string of the molecule is CC#Cc1nc(OC)ccc1N. The van der Waals surface area contributed by atoms with E-state index < -0.39 is 0 Å². The van der Waals surface area contributed by atoms with Gasteiger partial charge in [0.15, 0.2) is 0 Å². The van der Waals surface area contributed by atoms with Crippen molar-refractivity contribution < 1.29 is 4.74 Å². The maximum Gasteiger partial charge on any atom is 0.214 e. The van der Waals surface area contributed by atoms with Crippen LogP contribution in [-0.2, 0) is 0 Å². The Morgan fingerprint density at radius 1 is 1.50 bits per heavy atom. The van der Waals surface area contributed by atoms with E-state index in [9.17, 15) is 0 Å². The van der Waals surface area contributed by atoms with Crippen molar-refractivity contribution in [3.63, 3.8) is 0 Å². The Kier molecular flexibility index (Phi) is 2.54. The van der Waals surface area contributed by atoms with Gasteiger partial charge in [-0.25, -0.2) is 4.98 Å². The molecule has 62 valence electrons. The van der Waals surface area contributed by atoms with Gasteiger partial charge in [-0.15, -0.1) is 0 Å². The van der Waals surface area contributed by atoms with Gasteiger partial charge >= 0.3 is 0 Å². The van der Waals surface area contributed by atoms with E-state index in [-0.39, 0.29) is 0 Å². The number of ether oxygens (including phenoxy) is 1. The summed E-state index contributed by atoms with van der Waals surface area (Å²) in [4.78, 5) is 4.06. The Morgan fingerprint density at radius 2 is 2.25 bits per heavy atom. The average Bonchev–Trinajstić information content (AvgIpc) is 2.09. The van der Waals surface area contributed by atoms with E-state index in [0.717, 1.165) is 0 Å². The molecule has 0 aliphatic heterocycles. The summed E-state index contributed by atoms with van der Waals surface area (Å²) >= 11 is 0. The first-order valence-corrected chi connectivity index (χ1v) is 3.51. The molecule has 0 aliphatic carbocycles. The number of hydrogen-bond donors (Lipinski definition) is 1. The van der Waals surface area contributed by atoms with Gasteiger partial charge in [-0.1, -0.05) is 5.92 Å². The molecule has 3 heteroatoms. The minimum absolute atomic E-state index is 0.530. The molecule has 1 heterocycles. The lowest BCUT2D eigenvalue weighted by Gasteiger charge is -2.00. The Morgan fingerprint density at radius 3 is 2.83 bits per heavy atom. The van der Waals surface area contributed by atoms with Crippen LogP contribution in [0.3, 0.4) is 0 Å². The highest BCUT2D eigenvalue weighted by Crippen LogP contribution is 2.12. The number of hydrogen-bond acceptors (Lipinski definition) is 3. The summed E-state index contributed by atoms with van der Waals surface area (Å²) in [7, 11) is 1.56. The molecule has 0 saturated heterocycles. The number of aromatic nitrogens is 1. The fourth-order valence-corrected chi connectivity index (χ4v) is 0.784. The molecule has 0 aliphatic rings. The van der Waals surface area contributed by atoms with Crippen molar-refractivity contribution in [2.24, 2.45) is 0 Å². The standard InChI is InChI=1S/C9H10N2O/c1-3-4-8-7(10)5-6-9(11-8)12-2/h5-6H,10H2,1-2H3. The lowest BCUT2D eigenvalue weighted by Crippen LogP contribution is -1.96. The number of rotatable bonds is 1. The van der Waals surface area contributed by atoms with Gasteiger partial charge in [0.1, 0.15) is 5.69 Å². The second-order valence-electron chi connectivity index (χ2n) is 2.17. The third kappa shape index (κ3) is 1.67. The van der Waals surface area contributed by atoms with Crippen molar-refractivity contribution >= 4 is 5.69 Å². The highest BCUT2D eigenvalue weighted by molar-refractivity contribution is 5.52. The molecular weight excluding hydrogens is 152 g/mol. The molecule has 1 rings (SSSR count). The van der Waals surface area contributed by atoms with Crippen LogP contribution in [0, 0.1) is 11.8 Å². The summed E-state index contributed by atoms with van der Waals surface area (Å²) in [5.41, 5.74) is 6.75.